The number of nitrogens with zero attached hydrogens (tertiary/aromatic N) is 6. The van der Waals surface area contributed by atoms with Gasteiger partial charge >= 0.3 is 0 Å². The number of aliphatic hydroxyl groups excluding tert-OH is 1. The second-order valence-corrected chi connectivity index (χ2v) is 10.8. The third kappa shape index (κ3) is 4.68. The Kier molecular flexibility index (Phi) is 6.88. The van der Waals surface area contributed by atoms with Gasteiger partial charge in [-0.15, -0.1) is 11.3 Å². The fourth-order valence-corrected chi connectivity index (χ4v) is 6.18. The number of fused-ring (bicyclic) bond motifs is 2. The monoisotopic (exact) mass is 576 g/mol. The van der Waals surface area contributed by atoms with Crippen LogP contribution < -0.4 is 4.74 Å². The third-order valence-corrected chi connectivity index (χ3v) is 7.90. The van der Waals surface area contributed by atoms with E-state index in [1.54, 1.807) is 11.2 Å². The maximum atomic E-state index is 15.7. The number of carbonyl (C=O) groups is 1. The SMILES string of the molecule is C=CC(=O)N1Cc2cc(-c3nc(-c4cn(C)cn4)c4ccsc4c3-c3c(F)cc(F)cc3OCCO)nn2C(C)C1. The molecule has 1 atom stereocenters. The third-order valence-electron chi connectivity index (χ3n) is 6.97. The van der Waals surface area contributed by atoms with Crippen molar-refractivity contribution in [3.63, 3.8) is 0 Å². The van der Waals surface area contributed by atoms with E-state index in [2.05, 4.69) is 11.6 Å². The van der Waals surface area contributed by atoms with Gasteiger partial charge in [-0.25, -0.2) is 18.7 Å². The Hall–Kier alpha value is -4.42. The maximum Gasteiger partial charge on any atom is 0.246 e. The maximum absolute atomic E-state index is 15.7. The number of aryl methyl sites for hydroxylation is 1. The summed E-state index contributed by atoms with van der Waals surface area (Å²) in [6.07, 6.45) is 4.80. The first-order chi connectivity index (χ1) is 19.8. The van der Waals surface area contributed by atoms with Gasteiger partial charge in [0.05, 0.1) is 42.5 Å². The van der Waals surface area contributed by atoms with Crippen LogP contribution in [0.1, 0.15) is 18.7 Å². The fourth-order valence-electron chi connectivity index (χ4n) is 5.24. The summed E-state index contributed by atoms with van der Waals surface area (Å²) in [5.41, 5.74) is 3.22. The number of pyridine rings is 1. The minimum atomic E-state index is -0.832. The van der Waals surface area contributed by atoms with Gasteiger partial charge in [-0.2, -0.15) is 5.10 Å². The lowest BCUT2D eigenvalue weighted by Crippen LogP contribution is -2.39. The fraction of sp³-hybridized carbons (Fsp3) is 0.241. The largest absolute Gasteiger partial charge is 0.490 e. The zero-order valence-electron chi connectivity index (χ0n) is 22.3. The van der Waals surface area contributed by atoms with Gasteiger partial charge in [0, 0.05) is 47.6 Å². The molecule has 210 valence electrons. The van der Waals surface area contributed by atoms with Gasteiger partial charge in [0.25, 0.3) is 0 Å². The Morgan fingerprint density at radius 2 is 2.07 bits per heavy atom. The molecule has 9 nitrogen and oxygen atoms in total. The van der Waals surface area contributed by atoms with Gasteiger partial charge in [0.1, 0.15) is 41.1 Å². The van der Waals surface area contributed by atoms with Crippen molar-refractivity contribution in [2.75, 3.05) is 19.8 Å². The second-order valence-electron chi connectivity index (χ2n) is 9.84. The van der Waals surface area contributed by atoms with Crippen molar-refractivity contribution in [3.8, 4) is 39.7 Å². The van der Waals surface area contributed by atoms with Crippen LogP contribution in [0.25, 0.3) is 44.0 Å². The number of halogens is 2. The van der Waals surface area contributed by atoms with Gasteiger partial charge in [0.15, 0.2) is 0 Å². The highest BCUT2D eigenvalue weighted by molar-refractivity contribution is 7.18. The molecule has 0 aliphatic carbocycles. The Labute approximate surface area is 238 Å². The van der Waals surface area contributed by atoms with Gasteiger partial charge < -0.3 is 19.3 Å². The molecule has 0 saturated heterocycles. The molecule has 41 heavy (non-hydrogen) atoms. The van der Waals surface area contributed by atoms with Crippen LogP contribution in [0.15, 0.2) is 54.8 Å². The number of amides is 1. The molecule has 1 N–H and O–H groups in total. The zero-order chi connectivity index (χ0) is 28.8. The normalized spacial score (nSPS) is 14.9. The van der Waals surface area contributed by atoms with E-state index < -0.39 is 11.6 Å². The first-order valence-electron chi connectivity index (χ1n) is 12.9. The molecule has 12 heteroatoms. The highest BCUT2D eigenvalue weighted by Crippen LogP contribution is 2.47. The van der Waals surface area contributed by atoms with Crippen LogP contribution in [0.4, 0.5) is 8.78 Å². The predicted molar refractivity (Wildman–Crippen MR) is 151 cm³/mol. The van der Waals surface area contributed by atoms with Crippen molar-refractivity contribution in [2.24, 2.45) is 7.05 Å². The van der Waals surface area contributed by atoms with Crippen LogP contribution >= 0.6 is 11.3 Å². The van der Waals surface area contributed by atoms with E-state index in [1.807, 2.05) is 46.9 Å². The van der Waals surface area contributed by atoms with Crippen molar-refractivity contribution in [3.05, 3.63) is 72.2 Å². The topological polar surface area (TPSA) is 98.3 Å². The van der Waals surface area contributed by atoms with Crippen molar-refractivity contribution in [1.82, 2.24) is 29.2 Å². The van der Waals surface area contributed by atoms with Crippen molar-refractivity contribution < 1.29 is 23.4 Å². The lowest BCUT2D eigenvalue weighted by Gasteiger charge is -2.31. The second kappa shape index (κ2) is 10.5. The zero-order valence-corrected chi connectivity index (χ0v) is 23.2. The van der Waals surface area contributed by atoms with Crippen LogP contribution in [0, 0.1) is 11.6 Å². The number of imidazole rings is 1. The Bertz CT molecular complexity index is 1810. The summed E-state index contributed by atoms with van der Waals surface area (Å²) in [6, 6.07) is 5.49. The smallest absolute Gasteiger partial charge is 0.246 e. The number of aromatic nitrogens is 5. The number of hydrogen-bond acceptors (Lipinski definition) is 7. The molecule has 5 heterocycles. The van der Waals surface area contributed by atoms with Crippen LogP contribution in [0.5, 0.6) is 5.75 Å². The van der Waals surface area contributed by atoms with Gasteiger partial charge in [-0.05, 0) is 30.5 Å². The number of ether oxygens (including phenoxy) is 1. The molecule has 6 rings (SSSR count). The molecular weight excluding hydrogens is 550 g/mol. The molecule has 1 aliphatic rings. The summed E-state index contributed by atoms with van der Waals surface area (Å²) >= 11 is 1.38. The van der Waals surface area contributed by atoms with Crippen molar-refractivity contribution >= 4 is 27.3 Å². The Morgan fingerprint density at radius 3 is 2.80 bits per heavy atom. The molecule has 0 bridgehead atoms. The predicted octanol–water partition coefficient (Wildman–Crippen LogP) is 4.97. The molecular formula is C29H26F2N6O3S. The summed E-state index contributed by atoms with van der Waals surface area (Å²) in [5, 5.41) is 16.9. The summed E-state index contributed by atoms with van der Waals surface area (Å²) < 4.78 is 40.1. The summed E-state index contributed by atoms with van der Waals surface area (Å²) in [6.45, 7) is 5.85. The molecule has 0 radical (unpaired) electrons. The van der Waals surface area contributed by atoms with Gasteiger partial charge in [0.2, 0.25) is 5.91 Å². The average Bonchev–Trinajstić information content (AvgIpc) is 3.70. The lowest BCUT2D eigenvalue weighted by atomic mass is 9.97. The highest BCUT2D eigenvalue weighted by Gasteiger charge is 2.30. The van der Waals surface area contributed by atoms with Crippen LogP contribution in [0.3, 0.4) is 0 Å². The molecule has 1 aromatic carbocycles. The highest BCUT2D eigenvalue weighted by atomic mass is 32.1. The molecule has 1 amide bonds. The first kappa shape index (κ1) is 26.8. The number of benzene rings is 1. The Morgan fingerprint density at radius 1 is 1.24 bits per heavy atom. The standard InChI is InChI=1S/C29H26F2N6O3S/c1-4-24(39)36-12-16(2)37-18(13-36)11-21(34-37)28-26(25-20(31)9-17(30)10-23(25)40-7-6-38)29-19(5-8-41-29)27(33-28)22-14-35(3)15-32-22/h4-5,8-11,14-16,38H,1,6-7,12-13H2,2-3H3. The number of carbonyl (C=O) groups excluding carboxylic acids is 1. The van der Waals surface area contributed by atoms with Gasteiger partial charge in [-0.3, -0.25) is 9.48 Å². The molecule has 1 aliphatic heterocycles. The van der Waals surface area contributed by atoms with E-state index in [4.69, 9.17) is 14.8 Å². The Balaban J connectivity index is 1.64. The summed E-state index contributed by atoms with van der Waals surface area (Å²) in [4.78, 5) is 23.6. The number of rotatable bonds is 7. The minimum absolute atomic E-state index is 0.0184. The van der Waals surface area contributed by atoms with E-state index in [1.165, 1.54) is 17.4 Å². The minimum Gasteiger partial charge on any atom is -0.490 e. The summed E-state index contributed by atoms with van der Waals surface area (Å²) in [7, 11) is 1.86. The molecule has 1 unspecified atom stereocenters. The van der Waals surface area contributed by atoms with Gasteiger partial charge in [-0.1, -0.05) is 6.58 Å². The molecule has 5 aromatic rings. The molecule has 0 spiro atoms. The molecule has 0 fully saturated rings. The lowest BCUT2D eigenvalue weighted by molar-refractivity contribution is -0.127. The van der Waals surface area contributed by atoms with Crippen molar-refractivity contribution in [2.45, 2.75) is 19.5 Å². The van der Waals surface area contributed by atoms with E-state index in [0.29, 0.717) is 46.1 Å². The van der Waals surface area contributed by atoms with Crippen molar-refractivity contribution in [1.29, 1.82) is 0 Å². The van der Waals surface area contributed by atoms with E-state index >= 15 is 4.39 Å². The van der Waals surface area contributed by atoms with Crippen LogP contribution in [-0.2, 0) is 18.4 Å². The van der Waals surface area contributed by atoms with E-state index in [9.17, 15) is 14.3 Å². The van der Waals surface area contributed by atoms with Crippen LogP contribution in [-0.4, -0.2) is 60.0 Å². The average molecular weight is 577 g/mol. The van der Waals surface area contributed by atoms with E-state index in [0.717, 1.165) is 23.2 Å². The molecule has 4 aromatic heterocycles. The molecule has 0 saturated carbocycles. The number of thiophene rings is 1. The first-order valence-corrected chi connectivity index (χ1v) is 13.8. The van der Waals surface area contributed by atoms with Crippen LogP contribution in [0.2, 0.25) is 0 Å². The quantitative estimate of drug-likeness (QED) is 0.275. The number of aliphatic hydroxyl groups is 1. The number of hydrogen-bond donors (Lipinski definition) is 1. The summed E-state index contributed by atoms with van der Waals surface area (Å²) in [5.74, 6) is -1.87. The van der Waals surface area contributed by atoms with E-state index in [-0.39, 0.29) is 36.5 Å².